The van der Waals surface area contributed by atoms with Crippen molar-refractivity contribution in [3.05, 3.63) is 82.6 Å². The fraction of sp³-hybridized carbons (Fsp3) is 0.321. The van der Waals surface area contributed by atoms with E-state index in [2.05, 4.69) is 29.8 Å². The number of aryl methyl sites for hydroxylation is 1. The molecule has 0 bridgehead atoms. The molecular weight excluding hydrogens is 416 g/mol. The average Bonchev–Trinajstić information content (AvgIpc) is 3.35. The Hall–Kier alpha value is -2.80. The Morgan fingerprint density at radius 3 is 2.47 bits per heavy atom. The van der Waals surface area contributed by atoms with Crippen molar-refractivity contribution in [3.8, 4) is 28.7 Å². The number of rotatable bonds is 6. The molecule has 0 spiro atoms. The molecule has 0 radical (unpaired) electrons. The lowest BCUT2D eigenvalue weighted by molar-refractivity contribution is 0.273. The van der Waals surface area contributed by atoms with Crippen LogP contribution in [0.2, 0.25) is 5.02 Å². The molecule has 164 valence electrons. The SMILES string of the molecule is Cc1cc(C#Cc2ccc(-c3ccc(Cl)cc3)cn2)ccc1OCCC(N)C1CCCC1. The smallest absolute Gasteiger partial charge is 0.122 e. The van der Waals surface area contributed by atoms with Gasteiger partial charge in [-0.1, -0.05) is 48.6 Å². The zero-order chi connectivity index (χ0) is 22.3. The molecule has 3 aromatic rings. The summed E-state index contributed by atoms with van der Waals surface area (Å²) in [6.07, 6.45) is 7.93. The molecule has 2 aromatic carbocycles. The average molecular weight is 445 g/mol. The number of nitrogens with zero attached hydrogens (tertiary/aromatic N) is 1. The van der Waals surface area contributed by atoms with Gasteiger partial charge in [-0.15, -0.1) is 0 Å². The Morgan fingerprint density at radius 1 is 1.03 bits per heavy atom. The molecule has 1 atom stereocenters. The summed E-state index contributed by atoms with van der Waals surface area (Å²) in [5.41, 5.74) is 11.2. The number of hydrogen-bond donors (Lipinski definition) is 1. The van der Waals surface area contributed by atoms with Crippen LogP contribution in [0.15, 0.2) is 60.8 Å². The molecule has 1 saturated carbocycles. The van der Waals surface area contributed by atoms with Crippen molar-refractivity contribution in [2.45, 2.75) is 45.1 Å². The van der Waals surface area contributed by atoms with E-state index in [1.54, 1.807) is 0 Å². The number of benzene rings is 2. The molecule has 32 heavy (non-hydrogen) atoms. The van der Waals surface area contributed by atoms with E-state index >= 15 is 0 Å². The zero-order valence-electron chi connectivity index (χ0n) is 18.5. The Labute approximate surface area is 196 Å². The van der Waals surface area contributed by atoms with Gasteiger partial charge in [0.25, 0.3) is 0 Å². The van der Waals surface area contributed by atoms with Crippen LogP contribution in [-0.2, 0) is 0 Å². The summed E-state index contributed by atoms with van der Waals surface area (Å²) < 4.78 is 6.00. The lowest BCUT2D eigenvalue weighted by Gasteiger charge is -2.19. The normalized spacial score (nSPS) is 14.6. The van der Waals surface area contributed by atoms with Crippen molar-refractivity contribution in [1.29, 1.82) is 0 Å². The third-order valence-corrected chi connectivity index (χ3v) is 6.42. The second-order valence-corrected chi connectivity index (χ2v) is 8.95. The summed E-state index contributed by atoms with van der Waals surface area (Å²) in [5, 5.41) is 0.726. The molecule has 0 saturated heterocycles. The van der Waals surface area contributed by atoms with Crippen LogP contribution in [-0.4, -0.2) is 17.6 Å². The molecule has 0 aliphatic heterocycles. The lowest BCUT2D eigenvalue weighted by atomic mass is 9.97. The highest BCUT2D eigenvalue weighted by molar-refractivity contribution is 6.30. The summed E-state index contributed by atoms with van der Waals surface area (Å²) >= 11 is 5.96. The van der Waals surface area contributed by atoms with Gasteiger partial charge in [0.15, 0.2) is 0 Å². The summed E-state index contributed by atoms with van der Waals surface area (Å²) in [4.78, 5) is 4.48. The van der Waals surface area contributed by atoms with Gasteiger partial charge in [-0.25, -0.2) is 4.98 Å². The maximum Gasteiger partial charge on any atom is 0.122 e. The van der Waals surface area contributed by atoms with Crippen LogP contribution in [0, 0.1) is 24.7 Å². The standard InChI is InChI=1S/C28H29ClN2O/c1-20-18-21(7-15-28(20)32-17-16-27(30)23-4-2-3-5-23)6-13-26-14-10-24(19-31-26)22-8-11-25(29)12-9-22/h7-12,14-15,18-19,23,27H,2-5,16-17,30H2,1H3. The first kappa shape index (κ1) is 22.4. The Bertz CT molecular complexity index is 1090. The number of hydrogen-bond acceptors (Lipinski definition) is 3. The molecule has 1 aliphatic carbocycles. The largest absolute Gasteiger partial charge is 0.493 e. The van der Waals surface area contributed by atoms with Crippen LogP contribution in [0.4, 0.5) is 0 Å². The number of halogens is 1. The van der Waals surface area contributed by atoms with Gasteiger partial charge in [0.05, 0.1) is 6.61 Å². The van der Waals surface area contributed by atoms with E-state index in [1.807, 2.05) is 54.7 Å². The first-order valence-electron chi connectivity index (χ1n) is 11.3. The summed E-state index contributed by atoms with van der Waals surface area (Å²) in [5.74, 6) is 7.92. The molecule has 4 heteroatoms. The molecule has 1 aliphatic rings. The number of nitrogens with two attached hydrogens (primary N) is 1. The molecular formula is C28H29ClN2O. The van der Waals surface area contributed by atoms with Crippen LogP contribution in [0.1, 0.15) is 48.9 Å². The number of ether oxygens (including phenoxy) is 1. The van der Waals surface area contributed by atoms with Crippen LogP contribution >= 0.6 is 11.6 Å². The highest BCUT2D eigenvalue weighted by Crippen LogP contribution is 2.28. The van der Waals surface area contributed by atoms with E-state index in [1.165, 1.54) is 25.7 Å². The molecule has 1 fully saturated rings. The van der Waals surface area contributed by atoms with E-state index < -0.39 is 0 Å². The summed E-state index contributed by atoms with van der Waals surface area (Å²) in [6, 6.07) is 18.0. The second-order valence-electron chi connectivity index (χ2n) is 8.51. The fourth-order valence-electron chi connectivity index (χ4n) is 4.23. The quantitative estimate of drug-likeness (QED) is 0.447. The molecule has 1 heterocycles. The maximum atomic E-state index is 6.34. The lowest BCUT2D eigenvalue weighted by Crippen LogP contribution is -2.30. The van der Waals surface area contributed by atoms with E-state index in [0.29, 0.717) is 12.5 Å². The van der Waals surface area contributed by atoms with Crippen molar-refractivity contribution in [3.63, 3.8) is 0 Å². The van der Waals surface area contributed by atoms with E-state index in [4.69, 9.17) is 22.1 Å². The first-order chi connectivity index (χ1) is 15.6. The Kier molecular flexibility index (Phi) is 7.47. The third kappa shape index (κ3) is 5.91. The van der Waals surface area contributed by atoms with Crippen LogP contribution < -0.4 is 10.5 Å². The third-order valence-electron chi connectivity index (χ3n) is 6.16. The highest BCUT2D eigenvalue weighted by atomic mass is 35.5. The van der Waals surface area contributed by atoms with Crippen molar-refractivity contribution >= 4 is 11.6 Å². The van der Waals surface area contributed by atoms with Crippen molar-refractivity contribution in [2.24, 2.45) is 11.7 Å². The van der Waals surface area contributed by atoms with Crippen LogP contribution in [0.3, 0.4) is 0 Å². The van der Waals surface area contributed by atoms with Gasteiger partial charge in [-0.2, -0.15) is 0 Å². The minimum Gasteiger partial charge on any atom is -0.493 e. The highest BCUT2D eigenvalue weighted by Gasteiger charge is 2.21. The Morgan fingerprint density at radius 2 is 1.78 bits per heavy atom. The van der Waals surface area contributed by atoms with E-state index in [9.17, 15) is 0 Å². The topological polar surface area (TPSA) is 48.1 Å². The first-order valence-corrected chi connectivity index (χ1v) is 11.7. The van der Waals surface area contributed by atoms with Gasteiger partial charge < -0.3 is 10.5 Å². The van der Waals surface area contributed by atoms with Crippen molar-refractivity contribution < 1.29 is 4.74 Å². The molecule has 2 N–H and O–H groups in total. The monoisotopic (exact) mass is 444 g/mol. The Balaban J connectivity index is 1.34. The molecule has 3 nitrogen and oxygen atoms in total. The van der Waals surface area contributed by atoms with E-state index in [-0.39, 0.29) is 6.04 Å². The predicted molar refractivity (Wildman–Crippen MR) is 132 cm³/mol. The van der Waals surface area contributed by atoms with Gasteiger partial charge in [0.1, 0.15) is 11.4 Å². The fourth-order valence-corrected chi connectivity index (χ4v) is 4.36. The molecule has 1 aromatic heterocycles. The van der Waals surface area contributed by atoms with Crippen molar-refractivity contribution in [2.75, 3.05) is 6.61 Å². The molecule has 4 rings (SSSR count). The number of pyridine rings is 1. The molecule has 1 unspecified atom stereocenters. The summed E-state index contributed by atoms with van der Waals surface area (Å²) in [6.45, 7) is 2.71. The minimum atomic E-state index is 0.251. The van der Waals surface area contributed by atoms with Crippen molar-refractivity contribution in [1.82, 2.24) is 4.98 Å². The second kappa shape index (κ2) is 10.7. The number of aromatic nitrogens is 1. The maximum absolute atomic E-state index is 6.34. The van der Waals surface area contributed by atoms with Gasteiger partial charge in [0.2, 0.25) is 0 Å². The van der Waals surface area contributed by atoms with Crippen LogP contribution in [0.5, 0.6) is 5.75 Å². The van der Waals surface area contributed by atoms with E-state index in [0.717, 1.165) is 45.1 Å². The van der Waals surface area contributed by atoms with Gasteiger partial charge >= 0.3 is 0 Å². The van der Waals surface area contributed by atoms with Crippen LogP contribution in [0.25, 0.3) is 11.1 Å². The summed E-state index contributed by atoms with van der Waals surface area (Å²) in [7, 11) is 0. The predicted octanol–water partition coefficient (Wildman–Crippen LogP) is 6.40. The van der Waals surface area contributed by atoms with Gasteiger partial charge in [0, 0.05) is 28.4 Å². The molecule has 0 amide bonds. The van der Waals surface area contributed by atoms with Gasteiger partial charge in [-0.3, -0.25) is 0 Å². The zero-order valence-corrected chi connectivity index (χ0v) is 19.2. The van der Waals surface area contributed by atoms with Gasteiger partial charge in [-0.05, 0) is 85.5 Å². The minimum absolute atomic E-state index is 0.251.